The SMILES string of the molecule is CC(c1cccc(C(=O)c2ccccc2)c1)c1cc(N=C(N2CCN(C)CC2)N2CCN(C)CC2)on1. The van der Waals surface area contributed by atoms with Crippen molar-refractivity contribution in [2.45, 2.75) is 12.8 Å². The number of guanidine groups is 1. The van der Waals surface area contributed by atoms with Gasteiger partial charge in [-0.25, -0.2) is 0 Å². The molecule has 3 heterocycles. The van der Waals surface area contributed by atoms with Crippen LogP contribution in [0.4, 0.5) is 5.88 Å². The number of ketones is 1. The monoisotopic (exact) mass is 500 g/mol. The minimum Gasteiger partial charge on any atom is -0.340 e. The molecule has 0 spiro atoms. The Morgan fingerprint density at radius 2 is 1.41 bits per heavy atom. The van der Waals surface area contributed by atoms with Crippen LogP contribution in [0.2, 0.25) is 0 Å². The normalized spacial score (nSPS) is 18.0. The highest BCUT2D eigenvalue weighted by Crippen LogP contribution is 2.28. The minimum atomic E-state index is -0.0352. The van der Waals surface area contributed by atoms with Crippen LogP contribution in [0.1, 0.15) is 40.0 Å². The second-order valence-electron chi connectivity index (χ2n) is 10.1. The number of aliphatic imine (C=N–C) groups is 1. The summed E-state index contributed by atoms with van der Waals surface area (Å²) in [7, 11) is 4.33. The summed E-state index contributed by atoms with van der Waals surface area (Å²) in [5.74, 6) is 1.48. The Balaban J connectivity index is 1.37. The first-order valence-electron chi connectivity index (χ1n) is 13.1. The Hall–Kier alpha value is -3.49. The topological polar surface area (TPSA) is 68.4 Å². The largest absolute Gasteiger partial charge is 0.340 e. The van der Waals surface area contributed by atoms with Crippen LogP contribution in [0.5, 0.6) is 0 Å². The number of rotatable bonds is 5. The summed E-state index contributed by atoms with van der Waals surface area (Å²) in [6, 6.07) is 19.1. The quantitative estimate of drug-likeness (QED) is 0.302. The van der Waals surface area contributed by atoms with Gasteiger partial charge in [0.25, 0.3) is 5.88 Å². The van der Waals surface area contributed by atoms with Crippen molar-refractivity contribution in [3.63, 3.8) is 0 Å². The third-order valence-electron chi connectivity index (χ3n) is 7.43. The average molecular weight is 501 g/mol. The summed E-state index contributed by atoms with van der Waals surface area (Å²) < 4.78 is 5.73. The zero-order valence-electron chi connectivity index (χ0n) is 22.0. The molecule has 1 atom stereocenters. The van der Waals surface area contributed by atoms with Crippen LogP contribution < -0.4 is 0 Å². The van der Waals surface area contributed by atoms with Gasteiger partial charge in [0, 0.05) is 75.5 Å². The second-order valence-corrected chi connectivity index (χ2v) is 10.1. The lowest BCUT2D eigenvalue weighted by Gasteiger charge is -2.41. The van der Waals surface area contributed by atoms with Crippen LogP contribution in [-0.4, -0.2) is 103 Å². The van der Waals surface area contributed by atoms with Gasteiger partial charge in [-0.1, -0.05) is 60.6 Å². The number of carbonyl (C=O) groups is 1. The average Bonchev–Trinajstić information content (AvgIpc) is 3.41. The fourth-order valence-electron chi connectivity index (χ4n) is 4.86. The van der Waals surface area contributed by atoms with E-state index in [1.165, 1.54) is 0 Å². The molecule has 2 saturated heterocycles. The number of piperazine rings is 2. The van der Waals surface area contributed by atoms with Crippen LogP contribution in [0, 0.1) is 0 Å². The number of aromatic nitrogens is 1. The van der Waals surface area contributed by atoms with E-state index < -0.39 is 0 Å². The molecule has 8 nitrogen and oxygen atoms in total. The first-order valence-corrected chi connectivity index (χ1v) is 13.1. The first kappa shape index (κ1) is 25.2. The van der Waals surface area contributed by atoms with Crippen molar-refractivity contribution in [3.05, 3.63) is 83.0 Å². The summed E-state index contributed by atoms with van der Waals surface area (Å²) in [4.78, 5) is 27.4. The smallest absolute Gasteiger partial charge is 0.253 e. The molecule has 8 heteroatoms. The lowest BCUT2D eigenvalue weighted by atomic mass is 9.94. The molecule has 0 radical (unpaired) electrons. The van der Waals surface area contributed by atoms with E-state index in [0.717, 1.165) is 69.6 Å². The van der Waals surface area contributed by atoms with Crippen LogP contribution in [0.3, 0.4) is 0 Å². The number of likely N-dealkylation sites (N-methyl/N-ethyl adjacent to an activating group) is 2. The van der Waals surface area contributed by atoms with Crippen molar-refractivity contribution in [1.29, 1.82) is 0 Å². The van der Waals surface area contributed by atoms with Gasteiger partial charge in [0.1, 0.15) is 0 Å². The van der Waals surface area contributed by atoms with Gasteiger partial charge in [-0.2, -0.15) is 4.99 Å². The van der Waals surface area contributed by atoms with Crippen LogP contribution >= 0.6 is 0 Å². The third-order valence-corrected chi connectivity index (χ3v) is 7.43. The standard InChI is InChI=1S/C29H36N6O2/c1-22(24-10-7-11-25(20-24)28(36)23-8-5-4-6-9-23)26-21-27(37-31-26)30-29(34-16-12-32(2)13-17-34)35-18-14-33(3)15-19-35/h4-11,20-22H,12-19H2,1-3H3. The van der Waals surface area contributed by atoms with Crippen molar-refractivity contribution in [2.75, 3.05) is 66.5 Å². The fraction of sp³-hybridized carbons (Fsp3) is 0.414. The highest BCUT2D eigenvalue weighted by atomic mass is 16.5. The van der Waals surface area contributed by atoms with Crippen molar-refractivity contribution in [3.8, 4) is 0 Å². The molecule has 0 bridgehead atoms. The number of hydrogen-bond acceptors (Lipinski definition) is 6. The molecular formula is C29H36N6O2. The summed E-state index contributed by atoms with van der Waals surface area (Å²) >= 11 is 0. The zero-order valence-corrected chi connectivity index (χ0v) is 22.0. The minimum absolute atomic E-state index is 0.0177. The predicted molar refractivity (Wildman–Crippen MR) is 146 cm³/mol. The van der Waals surface area contributed by atoms with Gasteiger partial charge >= 0.3 is 0 Å². The lowest BCUT2D eigenvalue weighted by Crippen LogP contribution is -2.56. The van der Waals surface area contributed by atoms with Gasteiger partial charge in [-0.05, 0) is 25.7 Å². The summed E-state index contributed by atoms with van der Waals surface area (Å²) in [5.41, 5.74) is 3.18. The van der Waals surface area contributed by atoms with E-state index in [4.69, 9.17) is 9.52 Å². The molecule has 0 amide bonds. The van der Waals surface area contributed by atoms with E-state index in [1.807, 2.05) is 60.7 Å². The first-order chi connectivity index (χ1) is 18.0. The Kier molecular flexibility index (Phi) is 7.67. The van der Waals surface area contributed by atoms with Gasteiger partial charge in [-0.15, -0.1) is 0 Å². The molecule has 2 aliphatic rings. The highest BCUT2D eigenvalue weighted by Gasteiger charge is 2.26. The summed E-state index contributed by atoms with van der Waals surface area (Å²) in [5, 5.41) is 4.37. The highest BCUT2D eigenvalue weighted by molar-refractivity contribution is 6.09. The van der Waals surface area contributed by atoms with E-state index in [9.17, 15) is 4.79 Å². The number of hydrogen-bond donors (Lipinski definition) is 0. The van der Waals surface area contributed by atoms with E-state index in [-0.39, 0.29) is 11.7 Å². The molecule has 5 rings (SSSR count). The molecule has 2 aromatic carbocycles. The molecule has 194 valence electrons. The van der Waals surface area contributed by atoms with Gasteiger partial charge in [0.15, 0.2) is 5.78 Å². The molecule has 2 aliphatic heterocycles. The molecular weight excluding hydrogens is 464 g/mol. The maximum absolute atomic E-state index is 13.0. The van der Waals surface area contributed by atoms with E-state index in [0.29, 0.717) is 17.0 Å². The fourth-order valence-corrected chi connectivity index (χ4v) is 4.86. The maximum atomic E-state index is 13.0. The Morgan fingerprint density at radius 1 is 0.811 bits per heavy atom. The molecule has 0 saturated carbocycles. The second kappa shape index (κ2) is 11.3. The Labute approximate surface area is 219 Å². The molecule has 2 fully saturated rings. The number of carbonyl (C=O) groups excluding carboxylic acids is 1. The van der Waals surface area contributed by atoms with E-state index >= 15 is 0 Å². The van der Waals surface area contributed by atoms with Crippen LogP contribution in [-0.2, 0) is 0 Å². The lowest BCUT2D eigenvalue weighted by molar-refractivity contribution is 0.103. The van der Waals surface area contributed by atoms with Gasteiger partial charge < -0.3 is 24.1 Å². The Bertz CT molecular complexity index is 1200. The van der Waals surface area contributed by atoms with Gasteiger partial charge in [0.05, 0.1) is 5.69 Å². The maximum Gasteiger partial charge on any atom is 0.253 e. The molecule has 0 N–H and O–H groups in total. The molecule has 37 heavy (non-hydrogen) atoms. The molecule has 0 aliphatic carbocycles. The molecule has 3 aromatic rings. The van der Waals surface area contributed by atoms with Crippen molar-refractivity contribution in [2.24, 2.45) is 4.99 Å². The van der Waals surface area contributed by atoms with E-state index in [1.54, 1.807) is 0 Å². The Morgan fingerprint density at radius 3 is 2.03 bits per heavy atom. The van der Waals surface area contributed by atoms with Crippen molar-refractivity contribution >= 4 is 17.6 Å². The third kappa shape index (κ3) is 5.92. The molecule has 1 aromatic heterocycles. The zero-order chi connectivity index (χ0) is 25.8. The molecule has 1 unspecified atom stereocenters. The van der Waals surface area contributed by atoms with E-state index in [2.05, 4.69) is 45.8 Å². The predicted octanol–water partition coefficient (Wildman–Crippen LogP) is 3.54. The van der Waals surface area contributed by atoms with Gasteiger partial charge in [-0.3, -0.25) is 4.79 Å². The number of benzene rings is 2. The summed E-state index contributed by atoms with van der Waals surface area (Å²) in [6.45, 7) is 9.94. The van der Waals surface area contributed by atoms with Crippen molar-refractivity contribution < 1.29 is 9.32 Å². The van der Waals surface area contributed by atoms with Gasteiger partial charge in [0.2, 0.25) is 5.96 Å². The van der Waals surface area contributed by atoms with Crippen LogP contribution in [0.15, 0.2) is 70.2 Å². The van der Waals surface area contributed by atoms with Crippen LogP contribution in [0.25, 0.3) is 0 Å². The summed E-state index contributed by atoms with van der Waals surface area (Å²) in [6.07, 6.45) is 0. The number of nitrogens with zero attached hydrogens (tertiary/aromatic N) is 6. The van der Waals surface area contributed by atoms with Crippen molar-refractivity contribution in [1.82, 2.24) is 24.8 Å².